The zero-order chi connectivity index (χ0) is 6.41. The van der Waals surface area contributed by atoms with Gasteiger partial charge < -0.3 is 0 Å². The van der Waals surface area contributed by atoms with Crippen LogP contribution < -0.4 is 0 Å². The third-order valence-corrected chi connectivity index (χ3v) is 0.355. The van der Waals surface area contributed by atoms with Gasteiger partial charge in [0.2, 0.25) is 6.29 Å². The van der Waals surface area contributed by atoms with Crippen molar-refractivity contribution in [2.24, 2.45) is 0 Å². The van der Waals surface area contributed by atoms with Gasteiger partial charge in [0.05, 0.1) is 6.61 Å². The van der Waals surface area contributed by atoms with Gasteiger partial charge >= 0.3 is 5.97 Å². The van der Waals surface area contributed by atoms with Crippen molar-refractivity contribution in [3.63, 3.8) is 0 Å². The predicted octanol–water partition coefficient (Wildman–Crippen LogP) is -0.320. The Bertz CT molecular complexity index is 88.0. The van der Waals surface area contributed by atoms with Crippen LogP contribution in [0.15, 0.2) is 0 Å². The number of carbonyl (C=O) groups is 2. The van der Waals surface area contributed by atoms with Crippen molar-refractivity contribution >= 4 is 12.3 Å². The lowest BCUT2D eigenvalue weighted by molar-refractivity contribution is -0.265. The molecule has 4 nitrogen and oxygen atoms in total. The molecule has 0 fully saturated rings. The van der Waals surface area contributed by atoms with E-state index in [0.29, 0.717) is 0 Å². The first-order chi connectivity index (χ1) is 3.81. The van der Waals surface area contributed by atoms with Crippen molar-refractivity contribution in [3.8, 4) is 0 Å². The van der Waals surface area contributed by atoms with Gasteiger partial charge in [0, 0.05) is 0 Å². The minimum atomic E-state index is -1.01. The summed E-state index contributed by atoms with van der Waals surface area (Å²) in [5.74, 6) is -1.01. The van der Waals surface area contributed by atoms with Crippen LogP contribution in [0.25, 0.3) is 0 Å². The Morgan fingerprint density at radius 1 is 1.75 bits per heavy atom. The molecule has 46 valence electrons. The van der Waals surface area contributed by atoms with Crippen LogP contribution in [-0.2, 0) is 19.4 Å². The summed E-state index contributed by atoms with van der Waals surface area (Å²) in [6.07, 6.45) is 0.0374. The SMILES string of the molecule is CCOOC(=O)C=O. The Morgan fingerprint density at radius 2 is 2.38 bits per heavy atom. The minimum Gasteiger partial charge on any atom is -0.290 e. The summed E-state index contributed by atoms with van der Waals surface area (Å²) >= 11 is 0. The molecule has 0 unspecified atom stereocenters. The molecule has 0 bridgehead atoms. The van der Waals surface area contributed by atoms with Gasteiger partial charge in [-0.05, 0) is 6.92 Å². The summed E-state index contributed by atoms with van der Waals surface area (Å²) in [5.41, 5.74) is 0. The Morgan fingerprint density at radius 3 is 2.75 bits per heavy atom. The maximum Gasteiger partial charge on any atom is 0.405 e. The Balaban J connectivity index is 3.11. The lowest BCUT2D eigenvalue weighted by atomic mass is 10.8. The first-order valence-corrected chi connectivity index (χ1v) is 2.10. The highest BCUT2D eigenvalue weighted by Crippen LogP contribution is 1.74. The molecule has 0 amide bonds. The average Bonchev–Trinajstić information content (AvgIpc) is 1.83. The fraction of sp³-hybridized carbons (Fsp3) is 0.500. The lowest BCUT2D eigenvalue weighted by Gasteiger charge is -1.92. The van der Waals surface area contributed by atoms with Gasteiger partial charge in [0.25, 0.3) is 0 Å². The topological polar surface area (TPSA) is 52.6 Å². The van der Waals surface area contributed by atoms with Crippen molar-refractivity contribution in [2.75, 3.05) is 6.61 Å². The van der Waals surface area contributed by atoms with Crippen LogP contribution in [-0.4, -0.2) is 18.9 Å². The Hall–Kier alpha value is -0.900. The molecule has 0 aromatic heterocycles. The van der Waals surface area contributed by atoms with E-state index >= 15 is 0 Å². The second kappa shape index (κ2) is 4.26. The molecule has 0 aliphatic rings. The Kier molecular flexibility index (Phi) is 3.78. The van der Waals surface area contributed by atoms with Gasteiger partial charge in [-0.2, -0.15) is 4.89 Å². The van der Waals surface area contributed by atoms with E-state index in [9.17, 15) is 9.59 Å². The van der Waals surface area contributed by atoms with Crippen LogP contribution in [0.1, 0.15) is 6.92 Å². The van der Waals surface area contributed by atoms with Gasteiger partial charge in [-0.15, -0.1) is 0 Å². The predicted molar refractivity (Wildman–Crippen MR) is 23.8 cm³/mol. The molecule has 0 aliphatic carbocycles. The third-order valence-electron chi connectivity index (χ3n) is 0.355. The van der Waals surface area contributed by atoms with Crippen LogP contribution >= 0.6 is 0 Å². The molecule has 0 saturated heterocycles. The summed E-state index contributed by atoms with van der Waals surface area (Å²) in [7, 11) is 0. The van der Waals surface area contributed by atoms with Crippen LogP contribution in [0.5, 0.6) is 0 Å². The maximum absolute atomic E-state index is 9.86. The standard InChI is InChI=1S/C4H6O4/c1-2-7-8-4(6)3-5/h3H,2H2,1H3. The highest BCUT2D eigenvalue weighted by molar-refractivity contribution is 6.20. The van der Waals surface area contributed by atoms with Crippen molar-refractivity contribution in [3.05, 3.63) is 0 Å². The van der Waals surface area contributed by atoms with Crippen LogP contribution in [0, 0.1) is 0 Å². The highest BCUT2D eigenvalue weighted by atomic mass is 17.2. The largest absolute Gasteiger partial charge is 0.405 e. The van der Waals surface area contributed by atoms with E-state index in [1.165, 1.54) is 0 Å². The quantitative estimate of drug-likeness (QED) is 0.220. The number of hydrogen-bond donors (Lipinski definition) is 0. The number of carbonyl (C=O) groups excluding carboxylic acids is 2. The molecule has 0 saturated carbocycles. The van der Waals surface area contributed by atoms with E-state index in [4.69, 9.17) is 0 Å². The fourth-order valence-electron chi connectivity index (χ4n) is 0.137. The minimum absolute atomic E-state index is 0.0374. The third kappa shape index (κ3) is 3.30. The Labute approximate surface area is 46.3 Å². The van der Waals surface area contributed by atoms with E-state index in [0.717, 1.165) is 0 Å². The number of rotatable bonds is 3. The average molecular weight is 118 g/mol. The van der Waals surface area contributed by atoms with Crippen molar-refractivity contribution in [1.82, 2.24) is 0 Å². The summed E-state index contributed by atoms with van der Waals surface area (Å²) in [6, 6.07) is 0. The van der Waals surface area contributed by atoms with Crippen LogP contribution in [0.3, 0.4) is 0 Å². The van der Waals surface area contributed by atoms with Gasteiger partial charge in [0.15, 0.2) is 0 Å². The highest BCUT2D eigenvalue weighted by Gasteiger charge is 1.96. The first kappa shape index (κ1) is 7.10. The molecule has 0 aromatic rings. The molecular weight excluding hydrogens is 112 g/mol. The second-order valence-corrected chi connectivity index (χ2v) is 0.927. The van der Waals surface area contributed by atoms with Gasteiger partial charge in [0.1, 0.15) is 0 Å². The molecular formula is C4H6O4. The van der Waals surface area contributed by atoms with Gasteiger partial charge in [-0.25, -0.2) is 4.79 Å². The summed E-state index contributed by atoms with van der Waals surface area (Å²) in [4.78, 5) is 27.3. The molecule has 4 heteroatoms. The number of hydrogen-bond acceptors (Lipinski definition) is 4. The van der Waals surface area contributed by atoms with E-state index in [1.807, 2.05) is 0 Å². The zero-order valence-corrected chi connectivity index (χ0v) is 4.42. The summed E-state index contributed by atoms with van der Waals surface area (Å²) < 4.78 is 0. The molecule has 0 rings (SSSR count). The van der Waals surface area contributed by atoms with E-state index in [2.05, 4.69) is 9.78 Å². The van der Waals surface area contributed by atoms with Crippen molar-refractivity contribution in [1.29, 1.82) is 0 Å². The molecule has 8 heavy (non-hydrogen) atoms. The zero-order valence-electron chi connectivity index (χ0n) is 4.42. The molecule has 0 aromatic carbocycles. The summed E-state index contributed by atoms with van der Waals surface area (Å²) in [5, 5.41) is 0. The molecule has 0 atom stereocenters. The molecule has 0 spiro atoms. The van der Waals surface area contributed by atoms with Crippen LogP contribution in [0.4, 0.5) is 0 Å². The van der Waals surface area contributed by atoms with E-state index in [-0.39, 0.29) is 12.9 Å². The monoisotopic (exact) mass is 118 g/mol. The first-order valence-electron chi connectivity index (χ1n) is 2.10. The number of aldehydes is 1. The van der Waals surface area contributed by atoms with E-state index in [1.54, 1.807) is 6.92 Å². The summed E-state index contributed by atoms with van der Waals surface area (Å²) in [6.45, 7) is 1.89. The fourth-order valence-corrected chi connectivity index (χ4v) is 0.137. The smallest absolute Gasteiger partial charge is 0.290 e. The maximum atomic E-state index is 9.86. The molecule has 0 N–H and O–H groups in total. The molecule has 0 radical (unpaired) electrons. The molecule has 0 heterocycles. The molecule has 0 aliphatic heterocycles. The van der Waals surface area contributed by atoms with Crippen LogP contribution in [0.2, 0.25) is 0 Å². The van der Waals surface area contributed by atoms with Gasteiger partial charge in [-0.3, -0.25) is 9.68 Å². The normalized spacial score (nSPS) is 8.12. The van der Waals surface area contributed by atoms with Crippen molar-refractivity contribution < 1.29 is 19.4 Å². The lowest BCUT2D eigenvalue weighted by Crippen LogP contribution is -2.05. The van der Waals surface area contributed by atoms with E-state index < -0.39 is 5.97 Å². The van der Waals surface area contributed by atoms with Gasteiger partial charge in [-0.1, -0.05) is 0 Å². The van der Waals surface area contributed by atoms with Crippen molar-refractivity contribution in [2.45, 2.75) is 6.92 Å². The second-order valence-electron chi connectivity index (χ2n) is 0.927.